The van der Waals surface area contributed by atoms with E-state index >= 15 is 0 Å². The van der Waals surface area contributed by atoms with Crippen LogP contribution in [-0.2, 0) is 19.0 Å². The van der Waals surface area contributed by atoms with Crippen molar-refractivity contribution in [3.63, 3.8) is 0 Å². The summed E-state index contributed by atoms with van der Waals surface area (Å²) in [6.45, 7) is 3.33. The van der Waals surface area contributed by atoms with Gasteiger partial charge in [-0.3, -0.25) is 20.1 Å². The fourth-order valence-electron chi connectivity index (χ4n) is 3.67. The number of fused-ring (bicyclic) bond motifs is 1. The first-order valence-electron chi connectivity index (χ1n) is 9.70. The van der Waals surface area contributed by atoms with Crippen LogP contribution in [0.2, 0.25) is 0 Å². The van der Waals surface area contributed by atoms with Gasteiger partial charge in [0.2, 0.25) is 0 Å². The number of hydrazine groups is 1. The molecule has 0 saturated heterocycles. The molecule has 1 aliphatic rings. The van der Waals surface area contributed by atoms with Crippen molar-refractivity contribution in [2.75, 3.05) is 13.6 Å². The van der Waals surface area contributed by atoms with Crippen LogP contribution < -0.4 is 5.84 Å². The van der Waals surface area contributed by atoms with Crippen LogP contribution in [0.25, 0.3) is 0 Å². The van der Waals surface area contributed by atoms with E-state index < -0.39 is 16.7 Å². The highest BCUT2D eigenvalue weighted by Gasteiger charge is 2.40. The lowest BCUT2D eigenvalue weighted by atomic mass is 9.88. The van der Waals surface area contributed by atoms with E-state index in [0.29, 0.717) is 12.0 Å². The van der Waals surface area contributed by atoms with Crippen LogP contribution >= 0.6 is 0 Å². The zero-order valence-electron chi connectivity index (χ0n) is 17.3. The maximum absolute atomic E-state index is 14.2. The van der Waals surface area contributed by atoms with E-state index in [9.17, 15) is 23.3 Å². The number of para-hydroxylation sites is 1. The molecule has 164 valence electrons. The van der Waals surface area contributed by atoms with Crippen LogP contribution in [0.4, 0.5) is 24.5 Å². The van der Waals surface area contributed by atoms with Gasteiger partial charge in [0.15, 0.2) is 0 Å². The largest absolute Gasteiger partial charge is 0.418 e. The standard InChI is InChI=1S/C21H22F3N5O2/c1-4-12-10-13(5-2)18(21(22,23)24)20-17(12)19(26-11-16(27-20)28(3)25)14-8-6-7-9-15(14)29(30)31/h6-10H,4-5,11,25H2,1-3H3. The Balaban J connectivity index is 2.49. The van der Waals surface area contributed by atoms with E-state index in [-0.39, 0.29) is 52.6 Å². The second-order valence-electron chi connectivity index (χ2n) is 7.08. The summed E-state index contributed by atoms with van der Waals surface area (Å²) in [5, 5.41) is 12.7. The van der Waals surface area contributed by atoms with Crippen molar-refractivity contribution in [1.82, 2.24) is 5.01 Å². The molecule has 0 bridgehead atoms. The maximum Gasteiger partial charge on any atom is 0.418 e. The summed E-state index contributed by atoms with van der Waals surface area (Å²) >= 11 is 0. The van der Waals surface area contributed by atoms with Gasteiger partial charge in [0.25, 0.3) is 5.69 Å². The van der Waals surface area contributed by atoms with Gasteiger partial charge in [0.1, 0.15) is 5.84 Å². The number of aliphatic imine (C=N–C) groups is 2. The molecule has 0 saturated carbocycles. The molecule has 1 heterocycles. The van der Waals surface area contributed by atoms with Crippen molar-refractivity contribution < 1.29 is 18.1 Å². The third-order valence-corrected chi connectivity index (χ3v) is 5.13. The van der Waals surface area contributed by atoms with Gasteiger partial charge in [-0.2, -0.15) is 13.2 Å². The predicted molar refractivity (Wildman–Crippen MR) is 113 cm³/mol. The predicted octanol–water partition coefficient (Wildman–Crippen LogP) is 4.42. The van der Waals surface area contributed by atoms with Gasteiger partial charge in [0, 0.05) is 18.7 Å². The number of nitrogens with two attached hydrogens (primary N) is 1. The molecule has 0 aliphatic carbocycles. The lowest BCUT2D eigenvalue weighted by molar-refractivity contribution is -0.385. The molecule has 10 heteroatoms. The Labute approximate surface area is 177 Å². The molecule has 1 aliphatic heterocycles. The molecular weight excluding hydrogens is 411 g/mol. The van der Waals surface area contributed by atoms with Crippen molar-refractivity contribution in [1.29, 1.82) is 0 Å². The SMILES string of the molecule is CCc1cc(CC)c(C(F)(F)F)c2c1C(c1ccccc1[N+](=O)[O-])=NCC(N(C)N)=N2. The Morgan fingerprint density at radius 2 is 1.84 bits per heavy atom. The van der Waals surface area contributed by atoms with Gasteiger partial charge >= 0.3 is 6.18 Å². The van der Waals surface area contributed by atoms with Crippen molar-refractivity contribution in [2.24, 2.45) is 15.8 Å². The summed E-state index contributed by atoms with van der Waals surface area (Å²) in [6.07, 6.45) is -4.13. The van der Waals surface area contributed by atoms with Gasteiger partial charge in [-0.15, -0.1) is 0 Å². The molecule has 2 aromatic carbocycles. The lowest BCUT2D eigenvalue weighted by Crippen LogP contribution is -2.35. The first-order valence-corrected chi connectivity index (χ1v) is 9.70. The second-order valence-corrected chi connectivity index (χ2v) is 7.08. The van der Waals surface area contributed by atoms with Gasteiger partial charge in [-0.25, -0.2) is 10.8 Å². The zero-order chi connectivity index (χ0) is 22.9. The quantitative estimate of drug-likeness (QED) is 0.438. The summed E-state index contributed by atoms with van der Waals surface area (Å²) in [7, 11) is 1.46. The van der Waals surface area contributed by atoms with E-state index in [0.717, 1.165) is 5.01 Å². The van der Waals surface area contributed by atoms with Crippen LogP contribution in [0.5, 0.6) is 0 Å². The Morgan fingerprint density at radius 3 is 2.39 bits per heavy atom. The number of amidine groups is 1. The van der Waals surface area contributed by atoms with Gasteiger partial charge < -0.3 is 0 Å². The summed E-state index contributed by atoms with van der Waals surface area (Å²) in [6, 6.07) is 7.37. The van der Waals surface area contributed by atoms with Crippen molar-refractivity contribution in [3.05, 3.63) is 68.3 Å². The molecule has 0 aromatic heterocycles. The number of aryl methyl sites for hydroxylation is 2. The van der Waals surface area contributed by atoms with Crippen molar-refractivity contribution >= 4 is 22.9 Å². The number of hydrogen-bond donors (Lipinski definition) is 1. The number of alkyl halides is 3. The van der Waals surface area contributed by atoms with E-state index in [1.807, 2.05) is 6.92 Å². The fraction of sp³-hybridized carbons (Fsp3) is 0.333. The third kappa shape index (κ3) is 4.15. The number of rotatable bonds is 4. The molecule has 0 radical (unpaired) electrons. The van der Waals surface area contributed by atoms with Crippen molar-refractivity contribution in [2.45, 2.75) is 32.9 Å². The Bertz CT molecular complexity index is 1090. The summed E-state index contributed by atoms with van der Waals surface area (Å²) in [5.41, 5.74) is -0.328. The lowest BCUT2D eigenvalue weighted by Gasteiger charge is -2.21. The second kappa shape index (κ2) is 8.46. The molecule has 0 fully saturated rings. The molecule has 0 spiro atoms. The summed E-state index contributed by atoms with van der Waals surface area (Å²) in [5.74, 6) is 5.92. The normalized spacial score (nSPS) is 13.8. The molecule has 0 atom stereocenters. The van der Waals surface area contributed by atoms with Gasteiger partial charge in [0.05, 0.1) is 34.0 Å². The Kier molecular flexibility index (Phi) is 6.12. The average molecular weight is 433 g/mol. The Morgan fingerprint density at radius 1 is 1.19 bits per heavy atom. The number of hydrogen-bond acceptors (Lipinski definition) is 6. The third-order valence-electron chi connectivity index (χ3n) is 5.13. The highest BCUT2D eigenvalue weighted by molar-refractivity contribution is 6.20. The number of likely N-dealkylation sites (N-methyl/N-ethyl adjacent to an activating group) is 1. The molecule has 0 unspecified atom stereocenters. The highest BCUT2D eigenvalue weighted by atomic mass is 19.4. The van der Waals surface area contributed by atoms with Crippen LogP contribution in [0.15, 0.2) is 40.3 Å². The van der Waals surface area contributed by atoms with Crippen LogP contribution in [-0.4, -0.2) is 35.1 Å². The molecule has 2 N–H and O–H groups in total. The topological polar surface area (TPSA) is 97.1 Å². The zero-order valence-corrected chi connectivity index (χ0v) is 17.3. The van der Waals surface area contributed by atoms with Crippen LogP contribution in [0.1, 0.15) is 41.7 Å². The van der Waals surface area contributed by atoms with E-state index in [4.69, 9.17) is 5.84 Å². The van der Waals surface area contributed by atoms with Crippen LogP contribution in [0.3, 0.4) is 0 Å². The van der Waals surface area contributed by atoms with E-state index in [2.05, 4.69) is 9.98 Å². The number of nitro benzene ring substituents is 1. The van der Waals surface area contributed by atoms with Gasteiger partial charge in [-0.05, 0) is 30.0 Å². The summed E-state index contributed by atoms with van der Waals surface area (Å²) < 4.78 is 42.6. The highest BCUT2D eigenvalue weighted by Crippen LogP contribution is 2.44. The number of benzene rings is 2. The van der Waals surface area contributed by atoms with E-state index in [1.54, 1.807) is 13.0 Å². The number of halogens is 3. The minimum Gasteiger partial charge on any atom is -0.300 e. The minimum absolute atomic E-state index is 0.105. The smallest absolute Gasteiger partial charge is 0.300 e. The molecule has 3 rings (SSSR count). The first-order chi connectivity index (χ1) is 14.6. The maximum atomic E-state index is 14.2. The molecular formula is C21H22F3N5O2. The average Bonchev–Trinajstić information content (AvgIpc) is 2.91. The van der Waals surface area contributed by atoms with E-state index in [1.165, 1.54) is 31.3 Å². The number of nitrogens with zero attached hydrogens (tertiary/aromatic N) is 4. The Hall–Kier alpha value is -3.27. The number of nitro groups is 1. The molecule has 31 heavy (non-hydrogen) atoms. The molecule has 2 aromatic rings. The molecule has 7 nitrogen and oxygen atoms in total. The minimum atomic E-state index is -4.68. The van der Waals surface area contributed by atoms with Crippen LogP contribution in [0, 0.1) is 10.1 Å². The fourth-order valence-corrected chi connectivity index (χ4v) is 3.67. The first kappa shape index (κ1) is 22.4. The molecule has 0 amide bonds. The summed E-state index contributed by atoms with van der Waals surface area (Å²) in [4.78, 5) is 19.8. The van der Waals surface area contributed by atoms with Gasteiger partial charge in [-0.1, -0.05) is 32.0 Å². The monoisotopic (exact) mass is 433 g/mol. The van der Waals surface area contributed by atoms with Crippen molar-refractivity contribution in [3.8, 4) is 0 Å².